The van der Waals surface area contributed by atoms with Gasteiger partial charge in [0.15, 0.2) is 0 Å². The minimum atomic E-state index is -0.0735. The first-order chi connectivity index (χ1) is 9.78. The van der Waals surface area contributed by atoms with Crippen LogP contribution >= 0.6 is 0 Å². The fourth-order valence-corrected chi connectivity index (χ4v) is 2.62. The van der Waals surface area contributed by atoms with Gasteiger partial charge in [-0.1, -0.05) is 98.5 Å². The molecule has 1 aliphatic carbocycles. The molecule has 21 heavy (non-hydrogen) atoms. The van der Waals surface area contributed by atoms with Crippen molar-refractivity contribution in [2.75, 3.05) is 0 Å². The van der Waals surface area contributed by atoms with Crippen molar-refractivity contribution in [2.24, 2.45) is 0 Å². The largest absolute Gasteiger partial charge is 0.0776 e. The smallest absolute Gasteiger partial charge is 0.0295 e. The van der Waals surface area contributed by atoms with Crippen LogP contribution in [0.4, 0.5) is 0 Å². The Morgan fingerprint density at radius 1 is 0.762 bits per heavy atom. The fourth-order valence-electron chi connectivity index (χ4n) is 2.62. The second-order valence-electron chi connectivity index (χ2n) is 5.33. The second kappa shape index (κ2) is 6.41. The molecule has 0 saturated heterocycles. The zero-order valence-electron chi connectivity index (χ0n) is 11.7. The first-order valence-electron chi connectivity index (χ1n) is 6.98. The Kier molecular flexibility index (Phi) is 4.59. The Labute approximate surface area is 128 Å². The Bertz CT molecular complexity index is 660. The quantitative estimate of drug-likeness (QED) is 0.650. The molecule has 0 N–H and O–H groups in total. The molecule has 0 amide bonds. The topological polar surface area (TPSA) is 0 Å². The van der Waals surface area contributed by atoms with Gasteiger partial charge in [0, 0.05) is 5.41 Å². The summed E-state index contributed by atoms with van der Waals surface area (Å²) in [5.74, 6) is 0. The molecule has 0 heteroatoms. The highest BCUT2D eigenvalue weighted by molar-refractivity contribution is 5.76. The number of allylic oxidation sites excluding steroid dienone is 6. The molecule has 0 fully saturated rings. The lowest BCUT2D eigenvalue weighted by Crippen LogP contribution is -2.15. The third-order valence-electron chi connectivity index (χ3n) is 3.79. The van der Waals surface area contributed by atoms with Gasteiger partial charge in [-0.3, -0.25) is 0 Å². The highest BCUT2D eigenvalue weighted by Crippen LogP contribution is 2.33. The maximum atomic E-state index is 2.34. The van der Waals surface area contributed by atoms with E-state index >= 15 is 0 Å². The third kappa shape index (κ3) is 3.22. The molecule has 1 atom stereocenters. The lowest BCUT2D eigenvalue weighted by Gasteiger charge is -2.23. The van der Waals surface area contributed by atoms with Gasteiger partial charge in [-0.05, 0) is 23.6 Å². The summed E-state index contributed by atoms with van der Waals surface area (Å²) in [6, 6.07) is 21.2. The van der Waals surface area contributed by atoms with E-state index in [0.717, 1.165) is 0 Å². The highest BCUT2D eigenvalue weighted by atomic mass is 14.2. The molecule has 0 spiro atoms. The Morgan fingerprint density at radius 2 is 1.38 bits per heavy atom. The predicted octanol–water partition coefficient (Wildman–Crippen LogP) is 5.79. The van der Waals surface area contributed by atoms with Crippen LogP contribution in [0.5, 0.6) is 0 Å². The predicted molar refractivity (Wildman–Crippen MR) is 93.2 cm³/mol. The van der Waals surface area contributed by atoms with Gasteiger partial charge in [0.25, 0.3) is 0 Å². The van der Waals surface area contributed by atoms with Crippen LogP contribution in [0.3, 0.4) is 0 Å². The van der Waals surface area contributed by atoms with E-state index in [1.165, 1.54) is 16.7 Å². The lowest BCUT2D eigenvalue weighted by atomic mass is 9.80. The maximum absolute atomic E-state index is 2.34. The van der Waals surface area contributed by atoms with E-state index < -0.39 is 0 Å². The molecule has 1 unspecified atom stereocenters. The van der Waals surface area contributed by atoms with Crippen LogP contribution in [0, 0.1) is 0 Å². The minimum absolute atomic E-state index is 0. The number of hydrogen-bond acceptors (Lipinski definition) is 0. The molecule has 0 bridgehead atoms. The number of rotatable bonds is 2. The van der Waals surface area contributed by atoms with Crippen molar-refractivity contribution < 1.29 is 0 Å². The standard InChI is InChI=1S/C20H18.CH4/c1-20(19-13-6-3-7-14-19)15-9-8-12-18(16-20)17-10-4-2-5-11-17;/h2-16H,1H3;1H4. The molecule has 2 aromatic rings. The lowest BCUT2D eigenvalue weighted by molar-refractivity contribution is 0.761. The van der Waals surface area contributed by atoms with Crippen molar-refractivity contribution in [3.05, 3.63) is 102 Å². The van der Waals surface area contributed by atoms with E-state index in [0.29, 0.717) is 0 Å². The molecule has 0 aliphatic heterocycles. The minimum Gasteiger partial charge on any atom is -0.0776 e. The van der Waals surface area contributed by atoms with E-state index in [1.807, 2.05) is 0 Å². The monoisotopic (exact) mass is 274 g/mol. The molecular weight excluding hydrogens is 252 g/mol. The molecule has 0 aromatic heterocycles. The molecule has 3 rings (SSSR count). The summed E-state index contributed by atoms with van der Waals surface area (Å²) in [6.07, 6.45) is 11.0. The Balaban J connectivity index is 0.00000161. The van der Waals surface area contributed by atoms with Gasteiger partial charge in [-0.15, -0.1) is 0 Å². The fraction of sp³-hybridized carbons (Fsp3) is 0.143. The van der Waals surface area contributed by atoms with Crippen molar-refractivity contribution >= 4 is 5.57 Å². The van der Waals surface area contributed by atoms with Crippen LogP contribution in [0.15, 0.2) is 91.0 Å². The van der Waals surface area contributed by atoms with E-state index in [9.17, 15) is 0 Å². The summed E-state index contributed by atoms with van der Waals surface area (Å²) in [5.41, 5.74) is 3.76. The first kappa shape index (κ1) is 15.1. The van der Waals surface area contributed by atoms with Crippen LogP contribution in [0.2, 0.25) is 0 Å². The Morgan fingerprint density at radius 3 is 2.05 bits per heavy atom. The van der Waals surface area contributed by atoms with Crippen LogP contribution in [-0.2, 0) is 5.41 Å². The molecular formula is C21H22. The number of benzene rings is 2. The molecule has 0 nitrogen and oxygen atoms in total. The van der Waals surface area contributed by atoms with E-state index in [-0.39, 0.29) is 12.8 Å². The first-order valence-corrected chi connectivity index (χ1v) is 6.98. The van der Waals surface area contributed by atoms with Crippen molar-refractivity contribution in [2.45, 2.75) is 19.8 Å². The van der Waals surface area contributed by atoms with Crippen molar-refractivity contribution in [1.29, 1.82) is 0 Å². The second-order valence-corrected chi connectivity index (χ2v) is 5.33. The Hall–Kier alpha value is -2.34. The number of hydrogen-bond donors (Lipinski definition) is 0. The van der Waals surface area contributed by atoms with Gasteiger partial charge in [0.2, 0.25) is 0 Å². The van der Waals surface area contributed by atoms with Gasteiger partial charge >= 0.3 is 0 Å². The average molecular weight is 274 g/mol. The van der Waals surface area contributed by atoms with Gasteiger partial charge in [0.1, 0.15) is 0 Å². The normalized spacial score (nSPS) is 20.3. The average Bonchev–Trinajstić information content (AvgIpc) is 2.72. The summed E-state index contributed by atoms with van der Waals surface area (Å²) in [7, 11) is 0. The van der Waals surface area contributed by atoms with Crippen LogP contribution in [0.25, 0.3) is 5.57 Å². The van der Waals surface area contributed by atoms with Crippen molar-refractivity contribution in [1.82, 2.24) is 0 Å². The van der Waals surface area contributed by atoms with Gasteiger partial charge < -0.3 is 0 Å². The zero-order chi connectivity index (χ0) is 13.8. The molecule has 0 radical (unpaired) electrons. The summed E-state index contributed by atoms with van der Waals surface area (Å²) >= 11 is 0. The third-order valence-corrected chi connectivity index (χ3v) is 3.79. The molecule has 0 saturated carbocycles. The molecule has 2 aromatic carbocycles. The summed E-state index contributed by atoms with van der Waals surface area (Å²) in [5, 5.41) is 0. The van der Waals surface area contributed by atoms with E-state index in [4.69, 9.17) is 0 Å². The summed E-state index contributed by atoms with van der Waals surface area (Å²) in [4.78, 5) is 0. The van der Waals surface area contributed by atoms with Gasteiger partial charge in [-0.25, -0.2) is 0 Å². The SMILES string of the molecule is C.CC1(c2ccccc2)C=CC=CC(c2ccccc2)=C1. The maximum Gasteiger partial charge on any atom is 0.0295 e. The molecule has 106 valence electrons. The van der Waals surface area contributed by atoms with Crippen molar-refractivity contribution in [3.63, 3.8) is 0 Å². The van der Waals surface area contributed by atoms with Crippen molar-refractivity contribution in [3.8, 4) is 0 Å². The molecule has 0 heterocycles. The van der Waals surface area contributed by atoms with E-state index in [1.54, 1.807) is 0 Å². The van der Waals surface area contributed by atoms with E-state index in [2.05, 4.69) is 98.0 Å². The molecule has 1 aliphatic rings. The van der Waals surface area contributed by atoms with Crippen LogP contribution in [0.1, 0.15) is 25.5 Å². The zero-order valence-corrected chi connectivity index (χ0v) is 11.7. The highest BCUT2D eigenvalue weighted by Gasteiger charge is 2.22. The summed E-state index contributed by atoms with van der Waals surface area (Å²) < 4.78 is 0. The van der Waals surface area contributed by atoms with Gasteiger partial charge in [0.05, 0.1) is 0 Å². The van der Waals surface area contributed by atoms with Gasteiger partial charge in [-0.2, -0.15) is 0 Å². The summed E-state index contributed by atoms with van der Waals surface area (Å²) in [6.45, 7) is 2.26. The van der Waals surface area contributed by atoms with Crippen LogP contribution < -0.4 is 0 Å². The van der Waals surface area contributed by atoms with Crippen LogP contribution in [-0.4, -0.2) is 0 Å².